The molecule has 5 heteroatoms. The molecule has 0 aromatic heterocycles. The van der Waals surface area contributed by atoms with E-state index in [9.17, 15) is 9.59 Å². The Morgan fingerprint density at radius 2 is 1.94 bits per heavy atom. The number of hydrogen-bond acceptors (Lipinski definition) is 3. The lowest BCUT2D eigenvalue weighted by Gasteiger charge is -2.26. The minimum Gasteiger partial charge on any atom is -0.480 e. The first-order valence-electron chi connectivity index (χ1n) is 5.62. The molecule has 1 amide bonds. The van der Waals surface area contributed by atoms with Crippen molar-refractivity contribution in [2.24, 2.45) is 17.6 Å². The maximum Gasteiger partial charge on any atom is 0.323 e. The molecule has 0 radical (unpaired) electrons. The molecule has 0 bridgehead atoms. The third kappa shape index (κ3) is 5.11. The van der Waals surface area contributed by atoms with E-state index in [1.54, 1.807) is 0 Å². The van der Waals surface area contributed by atoms with Crippen molar-refractivity contribution in [3.63, 3.8) is 0 Å². The zero-order valence-electron chi connectivity index (χ0n) is 10.3. The van der Waals surface area contributed by atoms with E-state index in [1.165, 1.54) is 4.90 Å². The molecule has 1 atom stereocenters. The molecule has 0 aliphatic heterocycles. The molecule has 0 heterocycles. The van der Waals surface area contributed by atoms with Crippen molar-refractivity contribution >= 4 is 11.9 Å². The van der Waals surface area contributed by atoms with E-state index >= 15 is 0 Å². The van der Waals surface area contributed by atoms with Gasteiger partial charge in [0.1, 0.15) is 6.54 Å². The summed E-state index contributed by atoms with van der Waals surface area (Å²) in [4.78, 5) is 24.0. The van der Waals surface area contributed by atoms with Crippen LogP contribution in [0.1, 0.15) is 27.2 Å². The van der Waals surface area contributed by atoms with Crippen molar-refractivity contribution in [3.05, 3.63) is 0 Å². The zero-order valence-corrected chi connectivity index (χ0v) is 10.3. The Balaban J connectivity index is 4.59. The number of carboxylic acid groups (broad SMARTS) is 1. The Bertz CT molecular complexity index is 237. The molecule has 0 saturated heterocycles. The standard InChI is InChI=1S/C11H22N2O3/c1-4-9(5-12)11(16)13(6-8(2)3)7-10(14)15/h8-9H,4-7,12H2,1-3H3,(H,14,15). The van der Waals surface area contributed by atoms with Crippen LogP contribution in [-0.4, -0.2) is 41.5 Å². The van der Waals surface area contributed by atoms with Gasteiger partial charge in [0.25, 0.3) is 0 Å². The highest BCUT2D eigenvalue weighted by molar-refractivity contribution is 5.83. The van der Waals surface area contributed by atoms with Gasteiger partial charge in [0.15, 0.2) is 0 Å². The summed E-state index contributed by atoms with van der Waals surface area (Å²) in [6.07, 6.45) is 0.642. The van der Waals surface area contributed by atoms with E-state index in [0.717, 1.165) is 0 Å². The number of aliphatic carboxylic acids is 1. The third-order valence-electron chi connectivity index (χ3n) is 2.35. The summed E-state index contributed by atoms with van der Waals surface area (Å²) >= 11 is 0. The third-order valence-corrected chi connectivity index (χ3v) is 2.35. The van der Waals surface area contributed by atoms with Gasteiger partial charge in [-0.3, -0.25) is 9.59 Å². The highest BCUT2D eigenvalue weighted by Crippen LogP contribution is 2.08. The van der Waals surface area contributed by atoms with E-state index in [0.29, 0.717) is 13.0 Å². The average Bonchev–Trinajstić information content (AvgIpc) is 2.17. The van der Waals surface area contributed by atoms with Gasteiger partial charge in [-0.1, -0.05) is 20.8 Å². The van der Waals surface area contributed by atoms with Crippen LogP contribution in [0.3, 0.4) is 0 Å². The monoisotopic (exact) mass is 230 g/mol. The fourth-order valence-electron chi connectivity index (χ4n) is 1.54. The number of carboxylic acids is 1. The average molecular weight is 230 g/mol. The van der Waals surface area contributed by atoms with Crippen LogP contribution in [0.2, 0.25) is 0 Å². The first-order chi connectivity index (χ1) is 7.42. The molecule has 0 aliphatic rings. The zero-order chi connectivity index (χ0) is 12.7. The molecule has 0 aliphatic carbocycles. The Morgan fingerprint density at radius 3 is 2.25 bits per heavy atom. The summed E-state index contributed by atoms with van der Waals surface area (Å²) < 4.78 is 0. The normalized spacial score (nSPS) is 12.6. The first kappa shape index (κ1) is 14.9. The molecule has 3 N–H and O–H groups in total. The molecule has 0 fully saturated rings. The van der Waals surface area contributed by atoms with E-state index in [4.69, 9.17) is 10.8 Å². The van der Waals surface area contributed by atoms with Gasteiger partial charge in [0.05, 0.1) is 5.92 Å². The van der Waals surface area contributed by atoms with Crippen LogP contribution in [0, 0.1) is 11.8 Å². The number of carbonyl (C=O) groups is 2. The van der Waals surface area contributed by atoms with Crippen molar-refractivity contribution in [3.8, 4) is 0 Å². The van der Waals surface area contributed by atoms with Gasteiger partial charge in [-0.2, -0.15) is 0 Å². The summed E-state index contributed by atoms with van der Waals surface area (Å²) in [6.45, 7) is 6.26. The topological polar surface area (TPSA) is 83.6 Å². The fourth-order valence-corrected chi connectivity index (χ4v) is 1.54. The van der Waals surface area contributed by atoms with Crippen molar-refractivity contribution in [1.29, 1.82) is 0 Å². The van der Waals surface area contributed by atoms with Crippen LogP contribution in [0.15, 0.2) is 0 Å². The molecule has 1 unspecified atom stereocenters. The number of rotatable bonds is 7. The van der Waals surface area contributed by atoms with Crippen molar-refractivity contribution < 1.29 is 14.7 Å². The van der Waals surface area contributed by atoms with E-state index in [1.807, 2.05) is 20.8 Å². The molecule has 0 saturated carbocycles. The van der Waals surface area contributed by atoms with Crippen LogP contribution in [0.4, 0.5) is 0 Å². The van der Waals surface area contributed by atoms with Gasteiger partial charge in [0.2, 0.25) is 5.91 Å². The highest BCUT2D eigenvalue weighted by Gasteiger charge is 2.23. The maximum atomic E-state index is 12.0. The highest BCUT2D eigenvalue weighted by atomic mass is 16.4. The smallest absolute Gasteiger partial charge is 0.323 e. The van der Waals surface area contributed by atoms with Crippen LogP contribution in [-0.2, 0) is 9.59 Å². The molecule has 0 spiro atoms. The molecular weight excluding hydrogens is 208 g/mol. The SMILES string of the molecule is CCC(CN)C(=O)N(CC(=O)O)CC(C)C. The fraction of sp³-hybridized carbons (Fsp3) is 0.818. The van der Waals surface area contributed by atoms with E-state index in [2.05, 4.69) is 0 Å². The van der Waals surface area contributed by atoms with Gasteiger partial charge >= 0.3 is 5.97 Å². The summed E-state index contributed by atoms with van der Waals surface area (Å²) in [5.74, 6) is -1.15. The lowest BCUT2D eigenvalue weighted by molar-refractivity contribution is -0.146. The van der Waals surface area contributed by atoms with Crippen LogP contribution < -0.4 is 5.73 Å². The second-order valence-electron chi connectivity index (χ2n) is 4.35. The summed E-state index contributed by atoms with van der Waals surface area (Å²) in [5, 5.41) is 8.75. The second kappa shape index (κ2) is 7.22. The molecule has 0 rings (SSSR count). The lowest BCUT2D eigenvalue weighted by Crippen LogP contribution is -2.43. The number of nitrogens with two attached hydrogens (primary N) is 1. The predicted molar refractivity (Wildman–Crippen MR) is 61.9 cm³/mol. The summed E-state index contributed by atoms with van der Waals surface area (Å²) in [6, 6.07) is 0. The molecule has 5 nitrogen and oxygen atoms in total. The summed E-state index contributed by atoms with van der Waals surface area (Å²) in [5.41, 5.74) is 5.49. The van der Waals surface area contributed by atoms with Crippen LogP contribution in [0.5, 0.6) is 0 Å². The van der Waals surface area contributed by atoms with E-state index in [-0.39, 0.29) is 30.8 Å². The van der Waals surface area contributed by atoms with Gasteiger partial charge in [0, 0.05) is 13.1 Å². The Hall–Kier alpha value is -1.10. The lowest BCUT2D eigenvalue weighted by atomic mass is 10.0. The number of carbonyl (C=O) groups excluding carboxylic acids is 1. The van der Waals surface area contributed by atoms with E-state index < -0.39 is 5.97 Å². The minimum absolute atomic E-state index is 0.152. The molecule has 16 heavy (non-hydrogen) atoms. The van der Waals surface area contributed by atoms with Crippen molar-refractivity contribution in [2.75, 3.05) is 19.6 Å². The van der Waals surface area contributed by atoms with Crippen LogP contribution in [0.25, 0.3) is 0 Å². The molecule has 0 aromatic rings. The Labute approximate surface area is 96.6 Å². The second-order valence-corrected chi connectivity index (χ2v) is 4.35. The molecule has 94 valence electrons. The quantitative estimate of drug-likeness (QED) is 0.668. The number of hydrogen-bond donors (Lipinski definition) is 2. The number of amides is 1. The van der Waals surface area contributed by atoms with Crippen molar-refractivity contribution in [1.82, 2.24) is 4.90 Å². The Kier molecular flexibility index (Phi) is 6.72. The predicted octanol–water partition coefficient (Wildman–Crippen LogP) is 0.540. The minimum atomic E-state index is -0.985. The Morgan fingerprint density at radius 1 is 1.38 bits per heavy atom. The maximum absolute atomic E-state index is 12.0. The van der Waals surface area contributed by atoms with Gasteiger partial charge in [-0.05, 0) is 12.3 Å². The number of nitrogens with zero attached hydrogens (tertiary/aromatic N) is 1. The molecule has 0 aromatic carbocycles. The largest absolute Gasteiger partial charge is 0.480 e. The van der Waals surface area contributed by atoms with Gasteiger partial charge < -0.3 is 15.7 Å². The van der Waals surface area contributed by atoms with Gasteiger partial charge in [-0.25, -0.2) is 0 Å². The first-order valence-corrected chi connectivity index (χ1v) is 5.62. The molecular formula is C11H22N2O3. The van der Waals surface area contributed by atoms with Gasteiger partial charge in [-0.15, -0.1) is 0 Å². The van der Waals surface area contributed by atoms with Crippen molar-refractivity contribution in [2.45, 2.75) is 27.2 Å². The van der Waals surface area contributed by atoms with Crippen LogP contribution >= 0.6 is 0 Å². The summed E-state index contributed by atoms with van der Waals surface area (Å²) in [7, 11) is 0.